The first kappa shape index (κ1) is 13.5. The number of hydrogen-bond donors (Lipinski definition) is 1. The summed E-state index contributed by atoms with van der Waals surface area (Å²) in [6, 6.07) is 0.367. The van der Waals surface area contributed by atoms with Crippen molar-refractivity contribution in [3.63, 3.8) is 0 Å². The number of hydrogen-bond acceptors (Lipinski definition) is 4. The molecule has 1 aliphatic rings. The van der Waals surface area contributed by atoms with E-state index in [0.717, 1.165) is 25.1 Å². The fraction of sp³-hybridized carbons (Fsp3) is 0.333. The van der Waals surface area contributed by atoms with Gasteiger partial charge in [-0.1, -0.05) is 17.9 Å². The van der Waals surface area contributed by atoms with Crippen LogP contribution in [0.25, 0.3) is 0 Å². The molecule has 1 aliphatic heterocycles. The van der Waals surface area contributed by atoms with Crippen LogP contribution in [0.4, 0.5) is 0 Å². The molecule has 4 nitrogen and oxygen atoms in total. The quantitative estimate of drug-likeness (QED) is 0.762. The highest BCUT2D eigenvalue weighted by atomic mass is 35.5. The van der Waals surface area contributed by atoms with Crippen LogP contribution >= 0.6 is 12.4 Å². The number of nitrogens with one attached hydrogen (secondary N) is 1. The van der Waals surface area contributed by atoms with Gasteiger partial charge in [0.1, 0.15) is 0 Å². The van der Waals surface area contributed by atoms with Crippen LogP contribution in [-0.2, 0) is 0 Å². The molecule has 0 saturated carbocycles. The third kappa shape index (κ3) is 4.06. The van der Waals surface area contributed by atoms with Gasteiger partial charge in [-0.2, -0.15) is 0 Å². The summed E-state index contributed by atoms with van der Waals surface area (Å²) >= 11 is 0. The summed E-state index contributed by atoms with van der Waals surface area (Å²) in [6.45, 7) is 1.91. The van der Waals surface area contributed by atoms with Crippen LogP contribution in [0.1, 0.15) is 12.0 Å². The Morgan fingerprint density at radius 1 is 1.29 bits per heavy atom. The van der Waals surface area contributed by atoms with Gasteiger partial charge in [-0.15, -0.1) is 12.4 Å². The molecule has 0 atom stereocenters. The van der Waals surface area contributed by atoms with Gasteiger partial charge in [0, 0.05) is 31.1 Å². The smallest absolute Gasteiger partial charge is 0.316 e. The molecule has 1 aromatic heterocycles. The summed E-state index contributed by atoms with van der Waals surface area (Å²) in [5.41, 5.74) is 1.98. The van der Waals surface area contributed by atoms with Crippen molar-refractivity contribution in [2.75, 3.05) is 20.2 Å². The van der Waals surface area contributed by atoms with E-state index in [1.54, 1.807) is 19.5 Å². The van der Waals surface area contributed by atoms with Gasteiger partial charge in [0.2, 0.25) is 0 Å². The first-order chi connectivity index (χ1) is 7.88. The molecular weight excluding hydrogens is 238 g/mol. The molecule has 0 fully saturated rings. The maximum atomic E-state index is 4.87. The maximum Gasteiger partial charge on any atom is 0.316 e. The van der Waals surface area contributed by atoms with Gasteiger partial charge in [0.15, 0.2) is 0 Å². The lowest BCUT2D eigenvalue weighted by atomic mass is 10.1. The lowest BCUT2D eigenvalue weighted by molar-refractivity contribution is 0.379. The molecule has 0 saturated heterocycles. The Hall–Kier alpha value is -1.57. The van der Waals surface area contributed by atoms with Crippen molar-refractivity contribution in [1.82, 2.24) is 15.3 Å². The second kappa shape index (κ2) is 6.89. The number of aromatic nitrogens is 2. The highest BCUT2D eigenvalue weighted by Crippen LogP contribution is 2.04. The van der Waals surface area contributed by atoms with E-state index in [0.29, 0.717) is 6.01 Å². The lowest BCUT2D eigenvalue weighted by Crippen LogP contribution is -2.19. The Morgan fingerprint density at radius 3 is 2.65 bits per heavy atom. The zero-order valence-electron chi connectivity index (χ0n) is 9.56. The van der Waals surface area contributed by atoms with E-state index in [9.17, 15) is 0 Å². The summed E-state index contributed by atoms with van der Waals surface area (Å²) < 4.78 is 4.87. The largest absolute Gasteiger partial charge is 0.467 e. The number of halogens is 1. The average molecular weight is 252 g/mol. The number of rotatable bonds is 1. The van der Waals surface area contributed by atoms with Crippen molar-refractivity contribution in [3.05, 3.63) is 29.6 Å². The Balaban J connectivity index is 0.00000144. The average Bonchev–Trinajstić information content (AvgIpc) is 2.38. The molecule has 0 aliphatic carbocycles. The number of ether oxygens (including phenoxy) is 1. The van der Waals surface area contributed by atoms with Crippen LogP contribution < -0.4 is 10.1 Å². The van der Waals surface area contributed by atoms with Gasteiger partial charge < -0.3 is 10.1 Å². The number of methoxy groups -OCH3 is 1. The lowest BCUT2D eigenvalue weighted by Gasteiger charge is -2.07. The molecular formula is C12H14ClN3O. The summed E-state index contributed by atoms with van der Waals surface area (Å²) in [7, 11) is 1.54. The van der Waals surface area contributed by atoms with E-state index in [1.807, 2.05) is 0 Å². The first-order valence-electron chi connectivity index (χ1n) is 5.16. The Labute approximate surface area is 107 Å². The molecule has 0 spiro atoms. The molecule has 5 heteroatoms. The predicted octanol–water partition coefficient (Wildman–Crippen LogP) is 1.18. The molecule has 0 amide bonds. The minimum absolute atomic E-state index is 0. The SMILES string of the molecule is COc1ncc(C#CC2=CCNCC2)cn1.Cl. The molecule has 17 heavy (non-hydrogen) atoms. The molecule has 1 aromatic rings. The van der Waals surface area contributed by atoms with E-state index < -0.39 is 0 Å². The van der Waals surface area contributed by atoms with Crippen LogP contribution in [0.2, 0.25) is 0 Å². The molecule has 2 heterocycles. The fourth-order valence-corrected chi connectivity index (χ4v) is 1.37. The van der Waals surface area contributed by atoms with Crippen molar-refractivity contribution < 1.29 is 4.74 Å². The summed E-state index contributed by atoms with van der Waals surface area (Å²) in [5.74, 6) is 6.16. The normalized spacial score (nSPS) is 13.8. The highest BCUT2D eigenvalue weighted by Gasteiger charge is 1.98. The molecule has 0 bridgehead atoms. The second-order valence-corrected chi connectivity index (χ2v) is 3.39. The maximum absolute atomic E-state index is 4.87. The van der Waals surface area contributed by atoms with Gasteiger partial charge in [-0.3, -0.25) is 0 Å². The third-order valence-electron chi connectivity index (χ3n) is 2.24. The van der Waals surface area contributed by atoms with E-state index >= 15 is 0 Å². The second-order valence-electron chi connectivity index (χ2n) is 3.39. The van der Waals surface area contributed by atoms with Crippen molar-refractivity contribution in [2.45, 2.75) is 6.42 Å². The summed E-state index contributed by atoms with van der Waals surface area (Å²) in [6.07, 6.45) is 6.44. The zero-order valence-corrected chi connectivity index (χ0v) is 10.4. The molecule has 90 valence electrons. The van der Waals surface area contributed by atoms with Crippen molar-refractivity contribution in [1.29, 1.82) is 0 Å². The Morgan fingerprint density at radius 2 is 2.06 bits per heavy atom. The minimum Gasteiger partial charge on any atom is -0.467 e. The molecule has 1 N–H and O–H groups in total. The molecule has 0 unspecified atom stereocenters. The Bertz CT molecular complexity index is 445. The first-order valence-corrected chi connectivity index (χ1v) is 5.16. The van der Waals surface area contributed by atoms with Crippen LogP contribution in [0.5, 0.6) is 6.01 Å². The molecule has 2 rings (SSSR count). The summed E-state index contributed by atoms with van der Waals surface area (Å²) in [5, 5.41) is 3.24. The summed E-state index contributed by atoms with van der Waals surface area (Å²) in [4.78, 5) is 7.99. The van der Waals surface area contributed by atoms with E-state index in [2.05, 4.69) is 33.2 Å². The van der Waals surface area contributed by atoms with E-state index in [1.165, 1.54) is 5.57 Å². The Kier molecular flexibility index (Phi) is 5.47. The fourth-order valence-electron chi connectivity index (χ4n) is 1.37. The predicted molar refractivity (Wildman–Crippen MR) is 68.3 cm³/mol. The van der Waals surface area contributed by atoms with Crippen LogP contribution in [-0.4, -0.2) is 30.2 Å². The monoisotopic (exact) mass is 251 g/mol. The third-order valence-corrected chi connectivity index (χ3v) is 2.24. The molecule has 0 radical (unpaired) electrons. The standard InChI is InChI=1S/C12H13N3O.ClH/c1-16-12-14-8-11(9-15-12)3-2-10-4-6-13-7-5-10;/h4,8-9,13H,5-7H2,1H3;1H. The topological polar surface area (TPSA) is 47.0 Å². The van der Waals surface area contributed by atoms with Gasteiger partial charge in [-0.25, -0.2) is 9.97 Å². The van der Waals surface area contributed by atoms with Gasteiger partial charge in [-0.05, 0) is 6.42 Å². The van der Waals surface area contributed by atoms with Crippen molar-refractivity contribution in [2.24, 2.45) is 0 Å². The van der Waals surface area contributed by atoms with Gasteiger partial charge >= 0.3 is 6.01 Å². The van der Waals surface area contributed by atoms with Gasteiger partial charge in [0.25, 0.3) is 0 Å². The zero-order chi connectivity index (χ0) is 11.2. The minimum atomic E-state index is 0. The van der Waals surface area contributed by atoms with E-state index in [4.69, 9.17) is 4.74 Å². The van der Waals surface area contributed by atoms with Crippen LogP contribution in [0, 0.1) is 11.8 Å². The van der Waals surface area contributed by atoms with E-state index in [-0.39, 0.29) is 12.4 Å². The van der Waals surface area contributed by atoms with Crippen LogP contribution in [0.3, 0.4) is 0 Å². The van der Waals surface area contributed by atoms with Crippen molar-refractivity contribution >= 4 is 12.4 Å². The van der Waals surface area contributed by atoms with Crippen molar-refractivity contribution in [3.8, 4) is 17.9 Å². The number of nitrogens with zero attached hydrogens (tertiary/aromatic N) is 2. The van der Waals surface area contributed by atoms with Gasteiger partial charge in [0.05, 0.1) is 12.7 Å². The highest BCUT2D eigenvalue weighted by molar-refractivity contribution is 5.85. The van der Waals surface area contributed by atoms with Crippen LogP contribution in [0.15, 0.2) is 24.0 Å². The molecule has 0 aromatic carbocycles.